The predicted molar refractivity (Wildman–Crippen MR) is 76.6 cm³/mol. The second-order valence-electron chi connectivity index (χ2n) is 4.65. The van der Waals surface area contributed by atoms with Crippen LogP contribution in [0.3, 0.4) is 0 Å². The molecule has 0 aliphatic carbocycles. The third-order valence-corrected chi connectivity index (χ3v) is 3.30. The number of phenols is 1. The summed E-state index contributed by atoms with van der Waals surface area (Å²) in [4.78, 5) is 0. The number of aryl methyl sites for hydroxylation is 1. The van der Waals surface area contributed by atoms with E-state index < -0.39 is 11.7 Å². The third kappa shape index (κ3) is 3.82. The second-order valence-corrected chi connectivity index (χ2v) is 5.09. The van der Waals surface area contributed by atoms with Gasteiger partial charge in [0.1, 0.15) is 5.75 Å². The molecule has 0 saturated heterocycles. The first-order chi connectivity index (χ1) is 9.77. The summed E-state index contributed by atoms with van der Waals surface area (Å²) >= 11 is 5.82. The molecule has 0 fully saturated rings. The van der Waals surface area contributed by atoms with E-state index in [9.17, 15) is 18.3 Å². The fourth-order valence-electron chi connectivity index (χ4n) is 1.93. The molecule has 0 heterocycles. The van der Waals surface area contributed by atoms with Gasteiger partial charge in [0.25, 0.3) is 0 Å². The molecule has 2 nitrogen and oxygen atoms in total. The van der Waals surface area contributed by atoms with Gasteiger partial charge in [0.05, 0.1) is 5.56 Å². The van der Waals surface area contributed by atoms with Gasteiger partial charge < -0.3 is 10.4 Å². The summed E-state index contributed by atoms with van der Waals surface area (Å²) < 4.78 is 38.5. The van der Waals surface area contributed by atoms with Crippen LogP contribution in [0.5, 0.6) is 5.75 Å². The summed E-state index contributed by atoms with van der Waals surface area (Å²) in [7, 11) is 0. The molecule has 0 radical (unpaired) electrons. The van der Waals surface area contributed by atoms with Crippen molar-refractivity contribution in [2.45, 2.75) is 19.6 Å². The maximum Gasteiger partial charge on any atom is 0.416 e. The number of benzene rings is 2. The van der Waals surface area contributed by atoms with Crippen LogP contribution in [0, 0.1) is 6.92 Å². The number of phenolic OH excluding ortho intramolecular Hbond substituents is 1. The zero-order valence-electron chi connectivity index (χ0n) is 11.1. The van der Waals surface area contributed by atoms with Crippen LogP contribution in [0.15, 0.2) is 36.4 Å². The number of rotatable bonds is 3. The van der Waals surface area contributed by atoms with E-state index in [4.69, 9.17) is 11.6 Å². The van der Waals surface area contributed by atoms with Gasteiger partial charge in [-0.25, -0.2) is 0 Å². The molecule has 2 N–H and O–H groups in total. The molecule has 112 valence electrons. The summed E-state index contributed by atoms with van der Waals surface area (Å²) in [6.45, 7) is 1.59. The Morgan fingerprint density at radius 3 is 2.52 bits per heavy atom. The average Bonchev–Trinajstić information content (AvgIpc) is 2.40. The Morgan fingerprint density at radius 2 is 1.86 bits per heavy atom. The molecule has 0 bridgehead atoms. The molecule has 2 rings (SSSR count). The smallest absolute Gasteiger partial charge is 0.416 e. The maximum absolute atomic E-state index is 12.8. The zero-order chi connectivity index (χ0) is 15.6. The Bertz CT molecular complexity index is 656. The molecule has 0 aliphatic rings. The monoisotopic (exact) mass is 315 g/mol. The van der Waals surface area contributed by atoms with Crippen LogP contribution in [0.1, 0.15) is 16.7 Å². The highest BCUT2D eigenvalue weighted by molar-refractivity contribution is 6.30. The molecule has 0 amide bonds. The summed E-state index contributed by atoms with van der Waals surface area (Å²) in [5.74, 6) is 0.0371. The van der Waals surface area contributed by atoms with Crippen molar-refractivity contribution < 1.29 is 18.3 Å². The van der Waals surface area contributed by atoms with Crippen LogP contribution < -0.4 is 5.32 Å². The Hall–Kier alpha value is -1.88. The molecule has 6 heteroatoms. The highest BCUT2D eigenvalue weighted by Gasteiger charge is 2.32. The number of alkyl halides is 3. The van der Waals surface area contributed by atoms with E-state index in [2.05, 4.69) is 5.32 Å². The lowest BCUT2D eigenvalue weighted by Crippen LogP contribution is -2.09. The van der Waals surface area contributed by atoms with Crippen molar-refractivity contribution in [3.63, 3.8) is 0 Å². The van der Waals surface area contributed by atoms with Crippen molar-refractivity contribution >= 4 is 17.3 Å². The largest absolute Gasteiger partial charge is 0.508 e. The highest BCUT2D eigenvalue weighted by atomic mass is 35.5. The molecule has 0 spiro atoms. The number of hydrogen-bond acceptors (Lipinski definition) is 2. The summed E-state index contributed by atoms with van der Waals surface area (Å²) in [5.41, 5.74) is 0.324. The Labute approximate surface area is 125 Å². The van der Waals surface area contributed by atoms with Crippen LogP contribution in [0.2, 0.25) is 5.02 Å². The number of anilines is 1. The lowest BCUT2D eigenvalue weighted by molar-refractivity contribution is -0.138. The van der Waals surface area contributed by atoms with Gasteiger partial charge in [-0.1, -0.05) is 17.7 Å². The van der Waals surface area contributed by atoms with Gasteiger partial charge in [-0.05, 0) is 42.8 Å². The third-order valence-electron chi connectivity index (χ3n) is 3.07. The summed E-state index contributed by atoms with van der Waals surface area (Å²) in [6, 6.07) is 8.55. The van der Waals surface area contributed by atoms with Gasteiger partial charge in [0.2, 0.25) is 0 Å². The van der Waals surface area contributed by atoms with Crippen molar-refractivity contribution in [3.05, 3.63) is 58.1 Å². The van der Waals surface area contributed by atoms with Crippen molar-refractivity contribution in [3.8, 4) is 5.75 Å². The zero-order valence-corrected chi connectivity index (χ0v) is 11.9. The molecular weight excluding hydrogens is 303 g/mol. The molecule has 2 aromatic rings. The molecule has 0 atom stereocenters. The van der Waals surface area contributed by atoms with Crippen LogP contribution in [0.4, 0.5) is 18.9 Å². The Kier molecular flexibility index (Phi) is 4.32. The van der Waals surface area contributed by atoms with Crippen molar-refractivity contribution in [2.24, 2.45) is 0 Å². The number of nitrogens with one attached hydrogen (secondary N) is 1. The van der Waals surface area contributed by atoms with E-state index in [1.165, 1.54) is 25.1 Å². The maximum atomic E-state index is 12.8. The minimum atomic E-state index is -4.39. The first-order valence-corrected chi connectivity index (χ1v) is 6.54. The average molecular weight is 316 g/mol. The van der Waals surface area contributed by atoms with Gasteiger partial charge in [0, 0.05) is 22.8 Å². The molecule has 0 aromatic heterocycles. The number of halogens is 4. The fraction of sp³-hybridized carbons (Fsp3) is 0.200. The molecule has 0 saturated carbocycles. The predicted octanol–water partition coefficient (Wildman–Crippen LogP) is 4.98. The van der Waals surface area contributed by atoms with Crippen LogP contribution >= 0.6 is 11.6 Å². The molecule has 0 aliphatic heterocycles. The minimum Gasteiger partial charge on any atom is -0.508 e. The quantitative estimate of drug-likeness (QED) is 0.836. The van der Waals surface area contributed by atoms with E-state index in [1.807, 2.05) is 0 Å². The molecule has 2 aromatic carbocycles. The summed E-state index contributed by atoms with van der Waals surface area (Å²) in [6.07, 6.45) is -4.39. The lowest BCUT2D eigenvalue weighted by Gasteiger charge is -2.14. The first-order valence-electron chi connectivity index (χ1n) is 6.16. The minimum absolute atomic E-state index is 0.0371. The van der Waals surface area contributed by atoms with Crippen LogP contribution in [-0.2, 0) is 12.7 Å². The van der Waals surface area contributed by atoms with E-state index in [1.54, 1.807) is 12.1 Å². The Balaban J connectivity index is 2.19. The fourth-order valence-corrected chi connectivity index (χ4v) is 2.13. The number of aromatic hydroxyl groups is 1. The van der Waals surface area contributed by atoms with Crippen molar-refractivity contribution in [1.29, 1.82) is 0 Å². The lowest BCUT2D eigenvalue weighted by atomic mass is 10.1. The molecule has 0 unspecified atom stereocenters. The SMILES string of the molecule is Cc1ccc(NCc2cc(Cl)ccc2O)cc1C(F)(F)F. The van der Waals surface area contributed by atoms with E-state index in [0.29, 0.717) is 16.3 Å². The normalized spacial score (nSPS) is 11.5. The van der Waals surface area contributed by atoms with Gasteiger partial charge in [-0.2, -0.15) is 13.2 Å². The highest BCUT2D eigenvalue weighted by Crippen LogP contribution is 2.33. The van der Waals surface area contributed by atoms with Gasteiger partial charge in [-0.3, -0.25) is 0 Å². The van der Waals surface area contributed by atoms with Crippen LogP contribution in [0.25, 0.3) is 0 Å². The van der Waals surface area contributed by atoms with E-state index in [0.717, 1.165) is 6.07 Å². The van der Waals surface area contributed by atoms with E-state index in [-0.39, 0.29) is 17.9 Å². The van der Waals surface area contributed by atoms with E-state index >= 15 is 0 Å². The number of hydrogen-bond donors (Lipinski definition) is 2. The topological polar surface area (TPSA) is 32.3 Å². The first kappa shape index (κ1) is 15.5. The standard InChI is InChI=1S/C15H13ClF3NO/c1-9-2-4-12(7-13(9)15(17,18)19)20-8-10-6-11(16)3-5-14(10)21/h2-7,20-21H,8H2,1H3. The van der Waals surface area contributed by atoms with Gasteiger partial charge in [-0.15, -0.1) is 0 Å². The molecular formula is C15H13ClF3NO. The molecule has 21 heavy (non-hydrogen) atoms. The van der Waals surface area contributed by atoms with Gasteiger partial charge in [0.15, 0.2) is 0 Å². The Morgan fingerprint density at radius 1 is 1.14 bits per heavy atom. The van der Waals surface area contributed by atoms with Crippen molar-refractivity contribution in [1.82, 2.24) is 0 Å². The van der Waals surface area contributed by atoms with Gasteiger partial charge >= 0.3 is 6.18 Å². The van der Waals surface area contributed by atoms with Crippen LogP contribution in [-0.4, -0.2) is 5.11 Å². The second kappa shape index (κ2) is 5.85. The van der Waals surface area contributed by atoms with Crippen molar-refractivity contribution in [2.75, 3.05) is 5.32 Å². The summed E-state index contributed by atoms with van der Waals surface area (Å²) in [5, 5.41) is 13.0.